The van der Waals surface area contributed by atoms with Gasteiger partial charge in [-0.15, -0.1) is 0 Å². The number of ether oxygens (including phenoxy) is 1. The molecular weight excluding hydrogens is 526 g/mol. The minimum Gasteiger partial charge on any atom is -0.481 e. The van der Waals surface area contributed by atoms with Crippen molar-refractivity contribution in [2.45, 2.75) is 32.9 Å². The number of aromatic nitrogens is 3. The molecule has 0 atom stereocenters. The highest BCUT2D eigenvalue weighted by molar-refractivity contribution is 6.07. The monoisotopic (exact) mass is 557 g/mol. The molecule has 0 aliphatic heterocycles. The number of pyridine rings is 1. The van der Waals surface area contributed by atoms with Gasteiger partial charge in [-0.1, -0.05) is 6.07 Å². The average molecular weight is 558 g/mol. The van der Waals surface area contributed by atoms with E-state index < -0.39 is 12.1 Å². The Morgan fingerprint density at radius 3 is 2.49 bits per heavy atom. The molecule has 212 valence electrons. The van der Waals surface area contributed by atoms with E-state index in [0.717, 1.165) is 17.0 Å². The quantitative estimate of drug-likeness (QED) is 0.193. The van der Waals surface area contributed by atoms with Crippen molar-refractivity contribution in [1.29, 1.82) is 0 Å². The summed E-state index contributed by atoms with van der Waals surface area (Å²) < 4.78 is 6.92. The van der Waals surface area contributed by atoms with E-state index in [1.807, 2.05) is 29.8 Å². The number of hydrogen-bond donors (Lipinski definition) is 3. The highest BCUT2D eigenvalue weighted by atomic mass is 16.6. The SMILES string of the molecule is CC(C)OC(=O)/N=C(/N)c1ccc(NCc2nc3cc(C(=O)N(CCC(=O)O)c4ccccn4)ccc3n2C)cc1. The molecule has 0 saturated carbocycles. The number of hydrogen-bond acceptors (Lipinski definition) is 7. The first-order valence-corrected chi connectivity index (χ1v) is 12.9. The van der Waals surface area contributed by atoms with Gasteiger partial charge in [0.25, 0.3) is 5.91 Å². The van der Waals surface area contributed by atoms with Crippen LogP contribution in [0.2, 0.25) is 0 Å². The third-order valence-electron chi connectivity index (χ3n) is 6.12. The van der Waals surface area contributed by atoms with Gasteiger partial charge in [0, 0.05) is 36.6 Å². The topological polar surface area (TPSA) is 165 Å². The Hall–Kier alpha value is -5.26. The van der Waals surface area contributed by atoms with E-state index in [1.54, 1.807) is 62.5 Å². The van der Waals surface area contributed by atoms with E-state index in [9.17, 15) is 14.4 Å². The number of nitrogens with two attached hydrogens (primary N) is 1. The van der Waals surface area contributed by atoms with Crippen molar-refractivity contribution < 1.29 is 24.2 Å². The van der Waals surface area contributed by atoms with Crippen LogP contribution in [0.1, 0.15) is 42.0 Å². The summed E-state index contributed by atoms with van der Waals surface area (Å²) in [7, 11) is 1.89. The van der Waals surface area contributed by atoms with Crippen molar-refractivity contribution in [3.63, 3.8) is 0 Å². The van der Waals surface area contributed by atoms with Crippen molar-refractivity contribution in [3.8, 4) is 0 Å². The van der Waals surface area contributed by atoms with Gasteiger partial charge in [0.15, 0.2) is 0 Å². The number of fused-ring (bicyclic) bond motifs is 1. The molecule has 0 unspecified atom stereocenters. The summed E-state index contributed by atoms with van der Waals surface area (Å²) in [6.07, 6.45) is 0.314. The fourth-order valence-electron chi connectivity index (χ4n) is 4.07. The highest BCUT2D eigenvalue weighted by Crippen LogP contribution is 2.21. The second-order valence-electron chi connectivity index (χ2n) is 9.44. The lowest BCUT2D eigenvalue weighted by Crippen LogP contribution is -2.33. The fraction of sp³-hybridized carbons (Fsp3) is 0.241. The maximum Gasteiger partial charge on any atom is 0.435 e. The number of rotatable bonds is 10. The molecule has 0 bridgehead atoms. The number of amides is 2. The summed E-state index contributed by atoms with van der Waals surface area (Å²) >= 11 is 0. The van der Waals surface area contributed by atoms with Crippen LogP contribution in [0.25, 0.3) is 11.0 Å². The molecule has 0 aliphatic carbocycles. The standard InChI is InChI=1S/C29H31N7O5/c1-18(2)41-29(40)34-27(30)19-7-10-21(11-8-19)32-17-25-33-22-16-20(9-12-23(22)35(25)3)28(39)36(15-13-26(37)38)24-6-4-5-14-31-24/h4-12,14,16,18,32H,13,15,17H2,1-3H3,(H,37,38)(H2,30,34,40). The molecule has 2 amide bonds. The van der Waals surface area contributed by atoms with Gasteiger partial charge in [-0.25, -0.2) is 14.8 Å². The summed E-state index contributed by atoms with van der Waals surface area (Å²) in [6, 6.07) is 17.4. The summed E-state index contributed by atoms with van der Waals surface area (Å²) in [5.74, 6) is -0.198. The number of nitrogens with zero attached hydrogens (tertiary/aromatic N) is 5. The molecule has 0 spiro atoms. The average Bonchev–Trinajstić information content (AvgIpc) is 3.26. The third kappa shape index (κ3) is 7.24. The second kappa shape index (κ2) is 12.7. The normalized spacial score (nSPS) is 11.5. The highest BCUT2D eigenvalue weighted by Gasteiger charge is 2.21. The van der Waals surface area contributed by atoms with E-state index >= 15 is 0 Å². The number of nitrogens with one attached hydrogen (secondary N) is 1. The fourth-order valence-corrected chi connectivity index (χ4v) is 4.07. The molecule has 0 fully saturated rings. The molecule has 0 radical (unpaired) electrons. The Labute approximate surface area is 236 Å². The molecule has 2 heterocycles. The molecule has 4 N–H and O–H groups in total. The number of carbonyl (C=O) groups excluding carboxylic acids is 2. The van der Waals surface area contributed by atoms with Gasteiger partial charge in [0.2, 0.25) is 0 Å². The minimum atomic E-state index is -1.01. The maximum atomic E-state index is 13.4. The van der Waals surface area contributed by atoms with Gasteiger partial charge in [-0.05, 0) is 68.4 Å². The Morgan fingerprint density at radius 1 is 1.10 bits per heavy atom. The van der Waals surface area contributed by atoms with Crippen LogP contribution in [0.3, 0.4) is 0 Å². The maximum absolute atomic E-state index is 13.4. The molecule has 0 aliphatic rings. The number of carbonyl (C=O) groups is 3. The molecule has 41 heavy (non-hydrogen) atoms. The Balaban J connectivity index is 1.48. The number of aliphatic imine (C=N–C) groups is 1. The summed E-state index contributed by atoms with van der Waals surface area (Å²) in [4.78, 5) is 50.3. The lowest BCUT2D eigenvalue weighted by Gasteiger charge is -2.21. The number of benzene rings is 2. The van der Waals surface area contributed by atoms with E-state index in [4.69, 9.17) is 20.6 Å². The number of aliphatic carboxylic acids is 1. The van der Waals surface area contributed by atoms with Gasteiger partial charge < -0.3 is 25.5 Å². The first-order valence-electron chi connectivity index (χ1n) is 12.9. The van der Waals surface area contributed by atoms with E-state index in [2.05, 4.69) is 15.3 Å². The van der Waals surface area contributed by atoms with Crippen LogP contribution in [-0.4, -0.2) is 56.1 Å². The number of aryl methyl sites for hydroxylation is 1. The van der Waals surface area contributed by atoms with E-state index in [0.29, 0.717) is 29.0 Å². The largest absolute Gasteiger partial charge is 0.481 e. The first kappa shape index (κ1) is 28.7. The third-order valence-corrected chi connectivity index (χ3v) is 6.12. The zero-order valence-corrected chi connectivity index (χ0v) is 22.9. The van der Waals surface area contributed by atoms with Crippen molar-refractivity contribution in [1.82, 2.24) is 14.5 Å². The molecule has 4 aromatic rings. The predicted octanol–water partition coefficient (Wildman–Crippen LogP) is 3.95. The van der Waals surface area contributed by atoms with Crippen LogP contribution < -0.4 is 16.0 Å². The van der Waals surface area contributed by atoms with E-state index in [-0.39, 0.29) is 30.8 Å². The van der Waals surface area contributed by atoms with Gasteiger partial charge >= 0.3 is 12.1 Å². The van der Waals surface area contributed by atoms with Crippen LogP contribution in [0, 0.1) is 0 Å². The van der Waals surface area contributed by atoms with E-state index in [1.165, 1.54) is 4.90 Å². The molecule has 12 nitrogen and oxygen atoms in total. The summed E-state index contributed by atoms with van der Waals surface area (Å²) in [5.41, 5.74) is 9.15. The first-order chi connectivity index (χ1) is 19.6. The van der Waals surface area contributed by atoms with Crippen LogP contribution in [0.15, 0.2) is 71.9 Å². The van der Waals surface area contributed by atoms with Crippen molar-refractivity contribution >= 4 is 46.3 Å². The Bertz CT molecular complexity index is 1580. The van der Waals surface area contributed by atoms with Crippen LogP contribution in [0.5, 0.6) is 0 Å². The van der Waals surface area contributed by atoms with Crippen LogP contribution in [-0.2, 0) is 23.1 Å². The number of carboxylic acids is 1. The number of carboxylic acid groups (broad SMARTS) is 1. The minimum absolute atomic E-state index is 0.0150. The van der Waals surface area contributed by atoms with Crippen molar-refractivity contribution in [2.75, 3.05) is 16.8 Å². The smallest absolute Gasteiger partial charge is 0.435 e. The predicted molar refractivity (Wildman–Crippen MR) is 155 cm³/mol. The Kier molecular flexibility index (Phi) is 8.92. The number of imidazole rings is 1. The molecule has 4 rings (SSSR count). The second-order valence-corrected chi connectivity index (χ2v) is 9.44. The van der Waals surface area contributed by atoms with Gasteiger partial charge in [-0.3, -0.25) is 14.5 Å². The summed E-state index contributed by atoms with van der Waals surface area (Å²) in [6.45, 7) is 3.85. The molecule has 12 heteroatoms. The molecule has 2 aromatic carbocycles. The Morgan fingerprint density at radius 2 is 1.83 bits per heavy atom. The van der Waals surface area contributed by atoms with Crippen LogP contribution >= 0.6 is 0 Å². The summed E-state index contributed by atoms with van der Waals surface area (Å²) in [5, 5.41) is 12.5. The zero-order chi connectivity index (χ0) is 29.5. The van der Waals surface area contributed by atoms with Gasteiger partial charge in [-0.2, -0.15) is 4.99 Å². The van der Waals surface area contributed by atoms with Crippen molar-refractivity contribution in [2.24, 2.45) is 17.8 Å². The number of amidine groups is 1. The van der Waals surface area contributed by atoms with Gasteiger partial charge in [0.05, 0.1) is 30.1 Å². The molecule has 2 aromatic heterocycles. The zero-order valence-electron chi connectivity index (χ0n) is 22.9. The lowest BCUT2D eigenvalue weighted by molar-refractivity contribution is -0.136. The van der Waals surface area contributed by atoms with Crippen LogP contribution in [0.4, 0.5) is 16.3 Å². The number of anilines is 2. The molecule has 0 saturated heterocycles. The molecular formula is C29H31N7O5. The van der Waals surface area contributed by atoms with Gasteiger partial charge in [0.1, 0.15) is 17.5 Å². The lowest BCUT2D eigenvalue weighted by atomic mass is 10.1. The van der Waals surface area contributed by atoms with Crippen molar-refractivity contribution in [3.05, 3.63) is 83.8 Å².